The van der Waals surface area contributed by atoms with Crippen LogP contribution in [0.25, 0.3) is 0 Å². The van der Waals surface area contributed by atoms with E-state index in [0.29, 0.717) is 11.7 Å². The molecule has 0 aliphatic rings. The van der Waals surface area contributed by atoms with Crippen molar-refractivity contribution in [2.75, 3.05) is 11.1 Å². The van der Waals surface area contributed by atoms with Crippen LogP contribution >= 0.6 is 11.3 Å². The highest BCUT2D eigenvalue weighted by Crippen LogP contribution is 2.29. The number of nitrogens with one attached hydrogen (secondary N) is 1. The van der Waals surface area contributed by atoms with Crippen molar-refractivity contribution in [3.05, 3.63) is 40.8 Å². The minimum absolute atomic E-state index is 0.338. The van der Waals surface area contributed by atoms with E-state index in [1.165, 1.54) is 4.88 Å². The second kappa shape index (κ2) is 5.68. The molecule has 0 saturated carbocycles. The maximum atomic E-state index is 5.90. The van der Waals surface area contributed by atoms with Gasteiger partial charge in [-0.3, -0.25) is 4.98 Å². The SMILES string of the molecule is CCCC(Nc1ccncc1N)c1cccs1. The molecule has 2 aromatic rings. The highest BCUT2D eigenvalue weighted by molar-refractivity contribution is 7.10. The Morgan fingerprint density at radius 3 is 3.00 bits per heavy atom. The van der Waals surface area contributed by atoms with Crippen LogP contribution in [0.4, 0.5) is 11.4 Å². The predicted octanol–water partition coefficient (Wildman–Crippen LogP) is 3.68. The molecular weight excluding hydrogens is 230 g/mol. The van der Waals surface area contributed by atoms with Crippen LogP contribution in [-0.4, -0.2) is 4.98 Å². The zero-order valence-electron chi connectivity index (χ0n) is 9.89. The molecule has 0 aliphatic heterocycles. The summed E-state index contributed by atoms with van der Waals surface area (Å²) >= 11 is 1.78. The summed E-state index contributed by atoms with van der Waals surface area (Å²) in [7, 11) is 0. The van der Waals surface area contributed by atoms with E-state index in [1.54, 1.807) is 23.7 Å². The summed E-state index contributed by atoms with van der Waals surface area (Å²) in [6.45, 7) is 2.19. The molecule has 0 fully saturated rings. The summed E-state index contributed by atoms with van der Waals surface area (Å²) in [5.41, 5.74) is 7.56. The number of nitrogen functional groups attached to an aromatic ring is 1. The van der Waals surface area contributed by atoms with Gasteiger partial charge < -0.3 is 11.1 Å². The van der Waals surface area contributed by atoms with Crippen molar-refractivity contribution >= 4 is 22.7 Å². The number of hydrogen-bond donors (Lipinski definition) is 2. The molecule has 0 amide bonds. The Balaban J connectivity index is 2.16. The molecule has 17 heavy (non-hydrogen) atoms. The second-order valence-electron chi connectivity index (χ2n) is 3.96. The number of nitrogens with two attached hydrogens (primary N) is 1. The van der Waals surface area contributed by atoms with Crippen LogP contribution < -0.4 is 11.1 Å². The molecule has 0 aromatic carbocycles. The van der Waals surface area contributed by atoms with Gasteiger partial charge >= 0.3 is 0 Å². The molecule has 3 N–H and O–H groups in total. The van der Waals surface area contributed by atoms with Gasteiger partial charge in [0.05, 0.1) is 23.6 Å². The fourth-order valence-electron chi connectivity index (χ4n) is 1.79. The largest absolute Gasteiger partial charge is 0.396 e. The lowest BCUT2D eigenvalue weighted by Crippen LogP contribution is -2.10. The number of anilines is 2. The van der Waals surface area contributed by atoms with Crippen LogP contribution in [0.3, 0.4) is 0 Å². The molecular formula is C13H17N3S. The Bertz CT molecular complexity index is 453. The van der Waals surface area contributed by atoms with Crippen LogP contribution in [0.5, 0.6) is 0 Å². The Hall–Kier alpha value is -1.55. The third-order valence-electron chi connectivity index (χ3n) is 2.65. The number of aromatic nitrogens is 1. The highest BCUT2D eigenvalue weighted by atomic mass is 32.1. The quantitative estimate of drug-likeness (QED) is 0.847. The lowest BCUT2D eigenvalue weighted by Gasteiger charge is -2.19. The number of hydrogen-bond acceptors (Lipinski definition) is 4. The van der Waals surface area contributed by atoms with Crippen molar-refractivity contribution < 1.29 is 0 Å². The zero-order valence-corrected chi connectivity index (χ0v) is 10.7. The van der Waals surface area contributed by atoms with Crippen LogP contribution in [0.1, 0.15) is 30.7 Å². The van der Waals surface area contributed by atoms with E-state index < -0.39 is 0 Å². The summed E-state index contributed by atoms with van der Waals surface area (Å²) in [5.74, 6) is 0. The monoisotopic (exact) mass is 247 g/mol. The number of nitrogens with zero attached hydrogens (tertiary/aromatic N) is 1. The first-order chi connectivity index (χ1) is 8.31. The molecule has 0 radical (unpaired) electrons. The van der Waals surface area contributed by atoms with Gasteiger partial charge in [0.1, 0.15) is 0 Å². The number of rotatable bonds is 5. The second-order valence-corrected chi connectivity index (χ2v) is 4.94. The van der Waals surface area contributed by atoms with Crippen LogP contribution in [0.15, 0.2) is 36.0 Å². The van der Waals surface area contributed by atoms with Crippen molar-refractivity contribution in [3.8, 4) is 0 Å². The molecule has 2 aromatic heterocycles. The normalized spacial score (nSPS) is 12.3. The van der Waals surface area contributed by atoms with Gasteiger partial charge in [-0.15, -0.1) is 11.3 Å². The first kappa shape index (κ1) is 11.9. The van der Waals surface area contributed by atoms with Crippen LogP contribution in [-0.2, 0) is 0 Å². The Morgan fingerprint density at radius 1 is 1.47 bits per heavy atom. The lowest BCUT2D eigenvalue weighted by molar-refractivity contribution is 0.688. The summed E-state index contributed by atoms with van der Waals surface area (Å²) in [6, 6.07) is 6.51. The van der Waals surface area contributed by atoms with Gasteiger partial charge in [0, 0.05) is 11.1 Å². The van der Waals surface area contributed by atoms with Gasteiger partial charge in [0.15, 0.2) is 0 Å². The molecule has 1 atom stereocenters. The molecule has 1 unspecified atom stereocenters. The molecule has 0 aliphatic carbocycles. The minimum atomic E-state index is 0.338. The number of thiophene rings is 1. The maximum Gasteiger partial charge on any atom is 0.0736 e. The van der Waals surface area contributed by atoms with Crippen molar-refractivity contribution in [2.45, 2.75) is 25.8 Å². The van der Waals surface area contributed by atoms with Gasteiger partial charge in [-0.2, -0.15) is 0 Å². The fourth-order valence-corrected chi connectivity index (χ4v) is 2.60. The van der Waals surface area contributed by atoms with E-state index in [0.717, 1.165) is 18.5 Å². The first-order valence-corrected chi connectivity index (χ1v) is 6.68. The summed E-state index contributed by atoms with van der Waals surface area (Å²) in [6.07, 6.45) is 5.68. The molecule has 0 bridgehead atoms. The Labute approximate surface area is 106 Å². The molecule has 0 saturated heterocycles. The Morgan fingerprint density at radius 2 is 2.35 bits per heavy atom. The molecule has 4 heteroatoms. The lowest BCUT2D eigenvalue weighted by atomic mass is 10.1. The van der Waals surface area contributed by atoms with Crippen LogP contribution in [0.2, 0.25) is 0 Å². The highest BCUT2D eigenvalue weighted by Gasteiger charge is 2.12. The summed E-state index contributed by atoms with van der Waals surface area (Å²) < 4.78 is 0. The van der Waals surface area contributed by atoms with Gasteiger partial charge in [0.2, 0.25) is 0 Å². The fraction of sp³-hybridized carbons (Fsp3) is 0.308. The topological polar surface area (TPSA) is 50.9 Å². The molecule has 0 spiro atoms. The first-order valence-electron chi connectivity index (χ1n) is 5.80. The molecule has 2 heterocycles. The van der Waals surface area contributed by atoms with Crippen molar-refractivity contribution in [1.82, 2.24) is 4.98 Å². The summed E-state index contributed by atoms with van der Waals surface area (Å²) in [5, 5.41) is 5.60. The third-order valence-corrected chi connectivity index (χ3v) is 3.63. The van der Waals surface area contributed by atoms with Gasteiger partial charge in [0.25, 0.3) is 0 Å². The van der Waals surface area contributed by atoms with Crippen molar-refractivity contribution in [3.63, 3.8) is 0 Å². The third kappa shape index (κ3) is 2.97. The van der Waals surface area contributed by atoms with Crippen LogP contribution in [0, 0.1) is 0 Å². The van der Waals surface area contributed by atoms with E-state index in [2.05, 4.69) is 34.7 Å². The molecule has 3 nitrogen and oxygen atoms in total. The van der Waals surface area contributed by atoms with E-state index in [-0.39, 0.29) is 0 Å². The van der Waals surface area contributed by atoms with Crippen molar-refractivity contribution in [2.24, 2.45) is 0 Å². The van der Waals surface area contributed by atoms with Gasteiger partial charge in [-0.1, -0.05) is 19.4 Å². The van der Waals surface area contributed by atoms with E-state index in [4.69, 9.17) is 5.73 Å². The van der Waals surface area contributed by atoms with E-state index in [9.17, 15) is 0 Å². The van der Waals surface area contributed by atoms with Gasteiger partial charge in [-0.25, -0.2) is 0 Å². The van der Waals surface area contributed by atoms with Crippen molar-refractivity contribution in [1.29, 1.82) is 0 Å². The average Bonchev–Trinajstić information content (AvgIpc) is 2.85. The predicted molar refractivity (Wildman–Crippen MR) is 74.2 cm³/mol. The zero-order chi connectivity index (χ0) is 12.1. The summed E-state index contributed by atoms with van der Waals surface area (Å²) in [4.78, 5) is 5.35. The van der Waals surface area contributed by atoms with E-state index >= 15 is 0 Å². The molecule has 2 rings (SSSR count). The minimum Gasteiger partial charge on any atom is -0.396 e. The van der Waals surface area contributed by atoms with E-state index in [1.807, 2.05) is 6.07 Å². The molecule has 90 valence electrons. The Kier molecular flexibility index (Phi) is 3.98. The van der Waals surface area contributed by atoms with Gasteiger partial charge in [-0.05, 0) is 23.9 Å². The maximum absolute atomic E-state index is 5.90. The smallest absolute Gasteiger partial charge is 0.0736 e. The average molecular weight is 247 g/mol. The number of pyridine rings is 1. The standard InChI is InChI=1S/C13H17N3S/c1-2-4-12(13-5-3-8-17-13)16-11-6-7-15-9-10(11)14/h3,5-9,12H,2,4,14H2,1H3,(H,15,16).